The predicted molar refractivity (Wildman–Crippen MR) is 93.4 cm³/mol. The minimum atomic E-state index is -0.148. The van der Waals surface area contributed by atoms with Crippen LogP contribution < -0.4 is 4.90 Å². The molecule has 0 unspecified atom stereocenters. The molecule has 0 aliphatic heterocycles. The second-order valence-corrected chi connectivity index (χ2v) is 5.78. The van der Waals surface area contributed by atoms with Crippen LogP contribution in [0.5, 0.6) is 0 Å². The van der Waals surface area contributed by atoms with E-state index in [-0.39, 0.29) is 11.9 Å². The number of carbonyl (C=O) groups is 2. The summed E-state index contributed by atoms with van der Waals surface area (Å²) in [7, 11) is 1.78. The zero-order valence-electron chi connectivity index (χ0n) is 14.4. The SMILES string of the molecule is CCCCCCOC(=O)CCCCC(=O)N(C)c1ccccc1. The van der Waals surface area contributed by atoms with Gasteiger partial charge >= 0.3 is 5.97 Å². The van der Waals surface area contributed by atoms with Crippen LogP contribution in [0.2, 0.25) is 0 Å². The summed E-state index contributed by atoms with van der Waals surface area (Å²) in [4.78, 5) is 25.3. The minimum absolute atomic E-state index is 0.0733. The molecule has 0 saturated carbocycles. The van der Waals surface area contributed by atoms with E-state index in [4.69, 9.17) is 4.74 Å². The number of esters is 1. The van der Waals surface area contributed by atoms with Crippen LogP contribution in [0.3, 0.4) is 0 Å². The summed E-state index contributed by atoms with van der Waals surface area (Å²) in [5.74, 6) is -0.0745. The van der Waals surface area contributed by atoms with Crippen molar-refractivity contribution in [2.45, 2.75) is 58.3 Å². The van der Waals surface area contributed by atoms with E-state index in [9.17, 15) is 9.59 Å². The quantitative estimate of drug-likeness (QED) is 0.450. The lowest BCUT2D eigenvalue weighted by Gasteiger charge is -2.17. The van der Waals surface area contributed by atoms with Gasteiger partial charge in [0, 0.05) is 25.6 Å². The van der Waals surface area contributed by atoms with Crippen molar-refractivity contribution in [3.63, 3.8) is 0 Å². The Hall–Kier alpha value is -1.84. The van der Waals surface area contributed by atoms with Crippen LogP contribution in [0, 0.1) is 0 Å². The highest BCUT2D eigenvalue weighted by atomic mass is 16.5. The van der Waals surface area contributed by atoms with Gasteiger partial charge in [0.1, 0.15) is 0 Å². The Morgan fingerprint density at radius 3 is 2.35 bits per heavy atom. The van der Waals surface area contributed by atoms with Crippen molar-refractivity contribution < 1.29 is 14.3 Å². The van der Waals surface area contributed by atoms with Gasteiger partial charge in [0.2, 0.25) is 5.91 Å². The maximum atomic E-state index is 12.1. The molecular weight excluding hydrogens is 290 g/mol. The third-order valence-electron chi connectivity index (χ3n) is 3.80. The van der Waals surface area contributed by atoms with Gasteiger partial charge in [-0.25, -0.2) is 0 Å². The Morgan fingerprint density at radius 2 is 1.65 bits per heavy atom. The molecule has 0 heterocycles. The van der Waals surface area contributed by atoms with Crippen LogP contribution >= 0.6 is 0 Å². The average molecular weight is 319 g/mol. The molecule has 0 aromatic heterocycles. The number of amides is 1. The smallest absolute Gasteiger partial charge is 0.305 e. The fourth-order valence-corrected chi connectivity index (χ4v) is 2.30. The van der Waals surface area contributed by atoms with Crippen LogP contribution in [0.4, 0.5) is 5.69 Å². The third-order valence-corrected chi connectivity index (χ3v) is 3.80. The van der Waals surface area contributed by atoms with Crippen LogP contribution in [0.1, 0.15) is 58.3 Å². The molecular formula is C19H29NO3. The normalized spacial score (nSPS) is 10.3. The number of nitrogens with zero attached hydrogens (tertiary/aromatic N) is 1. The first-order valence-corrected chi connectivity index (χ1v) is 8.62. The number of anilines is 1. The summed E-state index contributed by atoms with van der Waals surface area (Å²) in [5.41, 5.74) is 0.893. The minimum Gasteiger partial charge on any atom is -0.466 e. The molecule has 0 bridgehead atoms. The highest BCUT2D eigenvalue weighted by Crippen LogP contribution is 2.13. The van der Waals surface area contributed by atoms with E-state index in [1.165, 1.54) is 12.8 Å². The molecule has 0 aliphatic carbocycles. The molecule has 1 aromatic carbocycles. The van der Waals surface area contributed by atoms with Crippen LogP contribution in [-0.4, -0.2) is 25.5 Å². The Kier molecular flexibility index (Phi) is 9.76. The molecule has 128 valence electrons. The molecule has 0 saturated heterocycles. The second kappa shape index (κ2) is 11.7. The van der Waals surface area contributed by atoms with E-state index < -0.39 is 0 Å². The lowest BCUT2D eigenvalue weighted by molar-refractivity contribution is -0.144. The van der Waals surface area contributed by atoms with Crippen molar-refractivity contribution >= 4 is 17.6 Å². The van der Waals surface area contributed by atoms with Gasteiger partial charge in [-0.1, -0.05) is 44.4 Å². The molecule has 1 rings (SSSR count). The number of ether oxygens (including phenoxy) is 1. The number of rotatable bonds is 11. The molecule has 0 N–H and O–H groups in total. The molecule has 1 amide bonds. The molecule has 0 fully saturated rings. The molecule has 0 radical (unpaired) electrons. The monoisotopic (exact) mass is 319 g/mol. The zero-order chi connectivity index (χ0) is 16.9. The number of para-hydroxylation sites is 1. The molecule has 0 aliphatic rings. The van der Waals surface area contributed by atoms with Gasteiger partial charge in [-0.05, 0) is 31.4 Å². The summed E-state index contributed by atoms with van der Waals surface area (Å²) >= 11 is 0. The number of benzene rings is 1. The van der Waals surface area contributed by atoms with Gasteiger partial charge in [0.15, 0.2) is 0 Å². The Balaban J connectivity index is 2.10. The van der Waals surface area contributed by atoms with Gasteiger partial charge < -0.3 is 9.64 Å². The maximum Gasteiger partial charge on any atom is 0.305 e. The number of hydrogen-bond acceptors (Lipinski definition) is 3. The van der Waals surface area contributed by atoms with Gasteiger partial charge in [-0.2, -0.15) is 0 Å². The van der Waals surface area contributed by atoms with Crippen molar-refractivity contribution in [3.8, 4) is 0 Å². The van der Waals surface area contributed by atoms with Crippen LogP contribution in [0.15, 0.2) is 30.3 Å². The van der Waals surface area contributed by atoms with Gasteiger partial charge in [-0.15, -0.1) is 0 Å². The Labute approximate surface area is 139 Å². The molecule has 4 nitrogen and oxygen atoms in total. The maximum absolute atomic E-state index is 12.1. The molecule has 1 aromatic rings. The summed E-state index contributed by atoms with van der Waals surface area (Å²) < 4.78 is 5.18. The highest BCUT2D eigenvalue weighted by molar-refractivity contribution is 5.92. The average Bonchev–Trinajstić information content (AvgIpc) is 2.58. The van der Waals surface area contributed by atoms with E-state index in [1.54, 1.807) is 11.9 Å². The molecule has 23 heavy (non-hydrogen) atoms. The van der Waals surface area contributed by atoms with Crippen molar-refractivity contribution in [2.24, 2.45) is 0 Å². The fourth-order valence-electron chi connectivity index (χ4n) is 2.30. The van der Waals surface area contributed by atoms with Crippen LogP contribution in [0.25, 0.3) is 0 Å². The number of hydrogen-bond donors (Lipinski definition) is 0. The lowest BCUT2D eigenvalue weighted by Crippen LogP contribution is -2.25. The van der Waals surface area contributed by atoms with E-state index in [2.05, 4.69) is 6.92 Å². The zero-order valence-corrected chi connectivity index (χ0v) is 14.4. The second-order valence-electron chi connectivity index (χ2n) is 5.78. The molecule has 0 spiro atoms. The lowest BCUT2D eigenvalue weighted by atomic mass is 10.1. The Bertz CT molecular complexity index is 459. The van der Waals surface area contributed by atoms with Gasteiger partial charge in [0.25, 0.3) is 0 Å². The van der Waals surface area contributed by atoms with E-state index in [0.29, 0.717) is 32.3 Å². The van der Waals surface area contributed by atoms with Crippen molar-refractivity contribution in [1.29, 1.82) is 0 Å². The molecule has 4 heteroatoms. The third kappa shape index (κ3) is 8.38. The number of carbonyl (C=O) groups excluding carboxylic acids is 2. The fraction of sp³-hybridized carbons (Fsp3) is 0.579. The Morgan fingerprint density at radius 1 is 0.957 bits per heavy atom. The first kappa shape index (κ1) is 19.2. The topological polar surface area (TPSA) is 46.6 Å². The first-order valence-electron chi connectivity index (χ1n) is 8.62. The predicted octanol–water partition coefficient (Wildman–Crippen LogP) is 4.33. The van der Waals surface area contributed by atoms with Crippen molar-refractivity contribution in [1.82, 2.24) is 0 Å². The standard InChI is InChI=1S/C19H29NO3/c1-3-4-5-11-16-23-19(22)15-10-9-14-18(21)20(2)17-12-7-6-8-13-17/h6-8,12-13H,3-5,9-11,14-16H2,1-2H3. The number of unbranched alkanes of at least 4 members (excludes halogenated alkanes) is 4. The summed E-state index contributed by atoms with van der Waals surface area (Å²) in [6.45, 7) is 2.68. The molecule has 0 atom stereocenters. The highest BCUT2D eigenvalue weighted by Gasteiger charge is 2.10. The first-order chi connectivity index (χ1) is 11.1. The van der Waals surface area contributed by atoms with Crippen molar-refractivity contribution in [2.75, 3.05) is 18.6 Å². The van der Waals surface area contributed by atoms with Gasteiger partial charge in [0.05, 0.1) is 6.61 Å². The summed E-state index contributed by atoms with van der Waals surface area (Å²) in [6, 6.07) is 9.57. The van der Waals surface area contributed by atoms with E-state index >= 15 is 0 Å². The van der Waals surface area contributed by atoms with Crippen molar-refractivity contribution in [3.05, 3.63) is 30.3 Å². The van der Waals surface area contributed by atoms with Crippen LogP contribution in [-0.2, 0) is 14.3 Å². The summed E-state index contributed by atoms with van der Waals surface area (Å²) in [5, 5.41) is 0. The van der Waals surface area contributed by atoms with E-state index in [0.717, 1.165) is 18.5 Å². The van der Waals surface area contributed by atoms with Gasteiger partial charge in [-0.3, -0.25) is 9.59 Å². The summed E-state index contributed by atoms with van der Waals surface area (Å²) in [6.07, 6.45) is 6.69. The van der Waals surface area contributed by atoms with E-state index in [1.807, 2.05) is 30.3 Å². The largest absolute Gasteiger partial charge is 0.466 e.